The molecule has 0 fully saturated rings. The third-order valence-electron chi connectivity index (χ3n) is 3.74. The summed E-state index contributed by atoms with van der Waals surface area (Å²) in [5, 5.41) is 0. The zero-order valence-electron chi connectivity index (χ0n) is 10.7. The first-order valence-corrected chi connectivity index (χ1v) is 6.23. The van der Waals surface area contributed by atoms with Crippen LogP contribution in [0.4, 0.5) is 0 Å². The van der Waals surface area contributed by atoms with Gasteiger partial charge in [-0.3, -0.25) is 0 Å². The molecule has 1 atom stereocenters. The van der Waals surface area contributed by atoms with Gasteiger partial charge in [0, 0.05) is 12.5 Å². The van der Waals surface area contributed by atoms with Gasteiger partial charge in [0.2, 0.25) is 0 Å². The summed E-state index contributed by atoms with van der Waals surface area (Å²) in [6, 6.07) is 12.9. The smallest absolute Gasteiger partial charge is 0.119 e. The van der Waals surface area contributed by atoms with E-state index >= 15 is 0 Å². The van der Waals surface area contributed by atoms with Crippen molar-refractivity contribution in [3.63, 3.8) is 0 Å². The number of nitrogens with two attached hydrogens (primary N) is 1. The van der Waals surface area contributed by atoms with Gasteiger partial charge in [0.15, 0.2) is 0 Å². The topological polar surface area (TPSA) is 35.2 Å². The molecule has 2 N–H and O–H groups in total. The van der Waals surface area contributed by atoms with Gasteiger partial charge in [-0.15, -0.1) is 0 Å². The molecule has 2 aromatic carbocycles. The standard InChI is InChI=1S/C16H17NO/c1-10-3-5-12-13-6-4-11(18-2)8-15(13)16(9-17)14(12)7-10/h3-8,16H,9,17H2,1-2H3. The van der Waals surface area contributed by atoms with Crippen LogP contribution in [0.1, 0.15) is 22.6 Å². The number of hydrogen-bond acceptors (Lipinski definition) is 2. The van der Waals surface area contributed by atoms with Crippen molar-refractivity contribution < 1.29 is 4.74 Å². The normalized spacial score (nSPS) is 16.3. The van der Waals surface area contributed by atoms with Crippen LogP contribution in [-0.2, 0) is 0 Å². The van der Waals surface area contributed by atoms with E-state index in [1.807, 2.05) is 6.07 Å². The van der Waals surface area contributed by atoms with E-state index in [1.165, 1.54) is 27.8 Å². The van der Waals surface area contributed by atoms with Gasteiger partial charge >= 0.3 is 0 Å². The average molecular weight is 239 g/mol. The predicted molar refractivity (Wildman–Crippen MR) is 74.1 cm³/mol. The van der Waals surface area contributed by atoms with Crippen molar-refractivity contribution in [3.05, 3.63) is 53.1 Å². The molecule has 18 heavy (non-hydrogen) atoms. The van der Waals surface area contributed by atoms with E-state index in [1.54, 1.807) is 7.11 Å². The molecule has 0 saturated carbocycles. The first-order chi connectivity index (χ1) is 8.74. The molecular weight excluding hydrogens is 222 g/mol. The maximum Gasteiger partial charge on any atom is 0.119 e. The van der Waals surface area contributed by atoms with Crippen LogP contribution in [-0.4, -0.2) is 13.7 Å². The van der Waals surface area contributed by atoms with Crippen molar-refractivity contribution >= 4 is 0 Å². The summed E-state index contributed by atoms with van der Waals surface area (Å²) in [7, 11) is 1.70. The van der Waals surface area contributed by atoms with Gasteiger partial charge in [0.05, 0.1) is 7.11 Å². The van der Waals surface area contributed by atoms with Crippen molar-refractivity contribution in [1.82, 2.24) is 0 Å². The first-order valence-electron chi connectivity index (χ1n) is 6.23. The van der Waals surface area contributed by atoms with Gasteiger partial charge < -0.3 is 10.5 Å². The number of ether oxygens (including phenoxy) is 1. The maximum absolute atomic E-state index is 5.96. The molecule has 2 aromatic rings. The Morgan fingerprint density at radius 2 is 1.72 bits per heavy atom. The van der Waals surface area contributed by atoms with Crippen LogP contribution in [0.3, 0.4) is 0 Å². The monoisotopic (exact) mass is 239 g/mol. The molecule has 3 rings (SSSR count). The number of rotatable bonds is 2. The van der Waals surface area contributed by atoms with Crippen LogP contribution >= 0.6 is 0 Å². The minimum atomic E-state index is 0.296. The Morgan fingerprint density at radius 1 is 1.06 bits per heavy atom. The van der Waals surface area contributed by atoms with Crippen LogP contribution in [0.2, 0.25) is 0 Å². The van der Waals surface area contributed by atoms with Crippen molar-refractivity contribution in [1.29, 1.82) is 0 Å². The molecule has 92 valence electrons. The molecule has 0 saturated heterocycles. The molecule has 0 amide bonds. The van der Waals surface area contributed by atoms with Crippen molar-refractivity contribution in [2.24, 2.45) is 5.73 Å². The second kappa shape index (κ2) is 4.14. The minimum absolute atomic E-state index is 0.296. The SMILES string of the molecule is COc1ccc2c(c1)C(CN)c1cc(C)ccc1-2. The van der Waals surface area contributed by atoms with E-state index in [0.717, 1.165) is 5.75 Å². The summed E-state index contributed by atoms with van der Waals surface area (Å²) in [6.07, 6.45) is 0. The van der Waals surface area contributed by atoms with Gasteiger partial charge in [0.1, 0.15) is 5.75 Å². The van der Waals surface area contributed by atoms with Crippen LogP contribution in [0.25, 0.3) is 11.1 Å². The molecule has 1 aliphatic carbocycles. The van der Waals surface area contributed by atoms with E-state index in [4.69, 9.17) is 10.5 Å². The fraction of sp³-hybridized carbons (Fsp3) is 0.250. The minimum Gasteiger partial charge on any atom is -0.497 e. The Bertz CT molecular complexity index is 604. The van der Waals surface area contributed by atoms with Crippen LogP contribution in [0.15, 0.2) is 36.4 Å². The molecule has 1 aliphatic rings. The van der Waals surface area contributed by atoms with Gasteiger partial charge in [0.25, 0.3) is 0 Å². The molecule has 1 unspecified atom stereocenters. The summed E-state index contributed by atoms with van der Waals surface area (Å²) in [5.41, 5.74) is 12.5. The maximum atomic E-state index is 5.96. The van der Waals surface area contributed by atoms with E-state index in [2.05, 4.69) is 37.3 Å². The molecular formula is C16H17NO. The lowest BCUT2D eigenvalue weighted by Gasteiger charge is -2.11. The highest BCUT2D eigenvalue weighted by molar-refractivity contribution is 5.80. The van der Waals surface area contributed by atoms with E-state index < -0.39 is 0 Å². The molecule has 2 heteroatoms. The average Bonchev–Trinajstić information content (AvgIpc) is 2.70. The molecule has 0 spiro atoms. The predicted octanol–water partition coefficient (Wildman–Crippen LogP) is 3.07. The van der Waals surface area contributed by atoms with Gasteiger partial charge in [-0.1, -0.05) is 29.8 Å². The highest BCUT2D eigenvalue weighted by atomic mass is 16.5. The molecule has 0 bridgehead atoms. The second-order valence-corrected chi connectivity index (χ2v) is 4.83. The van der Waals surface area contributed by atoms with Gasteiger partial charge in [-0.25, -0.2) is 0 Å². The number of benzene rings is 2. The van der Waals surface area contributed by atoms with Crippen LogP contribution in [0, 0.1) is 6.92 Å². The summed E-state index contributed by atoms with van der Waals surface area (Å²) in [6.45, 7) is 2.76. The van der Waals surface area contributed by atoms with Crippen molar-refractivity contribution in [2.45, 2.75) is 12.8 Å². The Kier molecular flexibility index (Phi) is 2.60. The van der Waals surface area contributed by atoms with E-state index in [9.17, 15) is 0 Å². The van der Waals surface area contributed by atoms with Crippen molar-refractivity contribution in [3.8, 4) is 16.9 Å². The van der Waals surface area contributed by atoms with E-state index in [0.29, 0.717) is 12.5 Å². The van der Waals surface area contributed by atoms with E-state index in [-0.39, 0.29) is 0 Å². The molecule has 0 radical (unpaired) electrons. The lowest BCUT2D eigenvalue weighted by atomic mass is 9.96. The summed E-state index contributed by atoms with van der Waals surface area (Å²) >= 11 is 0. The number of fused-ring (bicyclic) bond motifs is 3. The number of aryl methyl sites for hydroxylation is 1. The lowest BCUT2D eigenvalue weighted by molar-refractivity contribution is 0.414. The van der Waals surface area contributed by atoms with Gasteiger partial charge in [-0.05, 0) is 41.3 Å². The largest absolute Gasteiger partial charge is 0.497 e. The fourth-order valence-electron chi connectivity index (χ4n) is 2.84. The summed E-state index contributed by atoms with van der Waals surface area (Å²) in [4.78, 5) is 0. The van der Waals surface area contributed by atoms with Crippen molar-refractivity contribution in [2.75, 3.05) is 13.7 Å². The second-order valence-electron chi connectivity index (χ2n) is 4.83. The highest BCUT2D eigenvalue weighted by Crippen LogP contribution is 2.45. The number of hydrogen-bond donors (Lipinski definition) is 1. The number of methoxy groups -OCH3 is 1. The first kappa shape index (κ1) is 11.3. The molecule has 0 aliphatic heterocycles. The van der Waals surface area contributed by atoms with Crippen LogP contribution < -0.4 is 10.5 Å². The summed E-state index contributed by atoms with van der Waals surface area (Å²) < 4.78 is 5.31. The molecule has 0 heterocycles. The molecule has 2 nitrogen and oxygen atoms in total. The Hall–Kier alpha value is -1.80. The zero-order chi connectivity index (χ0) is 12.7. The summed E-state index contributed by atoms with van der Waals surface area (Å²) in [5.74, 6) is 1.20. The zero-order valence-corrected chi connectivity index (χ0v) is 10.7. The Morgan fingerprint density at radius 3 is 2.39 bits per heavy atom. The highest BCUT2D eigenvalue weighted by Gasteiger charge is 2.27. The Labute approximate surface area is 107 Å². The van der Waals surface area contributed by atoms with Gasteiger partial charge in [-0.2, -0.15) is 0 Å². The molecule has 0 aromatic heterocycles. The fourth-order valence-corrected chi connectivity index (χ4v) is 2.84. The third kappa shape index (κ3) is 1.53. The Balaban J connectivity index is 2.23. The third-order valence-corrected chi connectivity index (χ3v) is 3.74. The van der Waals surface area contributed by atoms with Crippen LogP contribution in [0.5, 0.6) is 5.75 Å². The quantitative estimate of drug-likeness (QED) is 0.874. The lowest BCUT2D eigenvalue weighted by Crippen LogP contribution is -2.11.